The quantitative estimate of drug-likeness (QED) is 0.601. The molecule has 2 heterocycles. The molecule has 0 saturated carbocycles. The van der Waals surface area contributed by atoms with E-state index in [9.17, 15) is 4.79 Å². The number of thioether (sulfide) groups is 1. The number of carbonyl (C=O) groups is 1. The van der Waals surface area contributed by atoms with Crippen molar-refractivity contribution in [1.82, 2.24) is 4.90 Å². The molecule has 0 aromatic heterocycles. The van der Waals surface area contributed by atoms with E-state index in [1.165, 1.54) is 0 Å². The average Bonchev–Trinajstić information content (AvgIpc) is 2.87. The summed E-state index contributed by atoms with van der Waals surface area (Å²) in [7, 11) is 0. The minimum Gasteiger partial charge on any atom is -0.423 e. The van der Waals surface area contributed by atoms with Crippen LogP contribution in [0.1, 0.15) is 0 Å². The van der Waals surface area contributed by atoms with Crippen LogP contribution in [0.15, 0.2) is 47.1 Å². The Kier molecular flexibility index (Phi) is 3.06. The molecule has 0 radical (unpaired) electrons. The highest BCUT2D eigenvalue weighted by atomic mass is 32.2. The van der Waals surface area contributed by atoms with Gasteiger partial charge in [0.25, 0.3) is 0 Å². The van der Waals surface area contributed by atoms with Gasteiger partial charge >= 0.3 is 5.97 Å². The second-order valence-electron chi connectivity index (χ2n) is 4.04. The van der Waals surface area contributed by atoms with E-state index in [4.69, 9.17) is 4.74 Å². The molecule has 0 amide bonds. The van der Waals surface area contributed by atoms with Crippen LogP contribution in [0.5, 0.6) is 5.75 Å². The highest BCUT2D eigenvalue weighted by Crippen LogP contribution is 2.23. The third-order valence-electron chi connectivity index (χ3n) is 2.77. The molecule has 1 fully saturated rings. The lowest BCUT2D eigenvalue weighted by Crippen LogP contribution is -2.32. The summed E-state index contributed by atoms with van der Waals surface area (Å²) >= 11 is 1.72. The largest absolute Gasteiger partial charge is 0.423 e. The zero-order chi connectivity index (χ0) is 12.4. The highest BCUT2D eigenvalue weighted by molar-refractivity contribution is 8.14. The topological polar surface area (TPSA) is 41.9 Å². The number of hydrogen-bond acceptors (Lipinski definition) is 5. The maximum atomic E-state index is 12.0. The van der Waals surface area contributed by atoms with Crippen LogP contribution < -0.4 is 4.74 Å². The first-order chi connectivity index (χ1) is 8.83. The number of para-hydroxylation sites is 1. The fourth-order valence-corrected chi connectivity index (χ4v) is 2.82. The van der Waals surface area contributed by atoms with Crippen molar-refractivity contribution in [2.24, 2.45) is 4.99 Å². The van der Waals surface area contributed by atoms with Crippen LogP contribution in [0.3, 0.4) is 0 Å². The summed E-state index contributed by atoms with van der Waals surface area (Å²) in [6.45, 7) is 1.54. The van der Waals surface area contributed by atoms with Gasteiger partial charge in [-0.15, -0.1) is 0 Å². The van der Waals surface area contributed by atoms with Crippen LogP contribution >= 0.6 is 11.8 Å². The molecule has 5 heteroatoms. The van der Waals surface area contributed by atoms with Gasteiger partial charge in [-0.25, -0.2) is 9.79 Å². The Balaban J connectivity index is 1.71. The van der Waals surface area contributed by atoms with Crippen molar-refractivity contribution in [3.63, 3.8) is 0 Å². The molecule has 1 aromatic carbocycles. The van der Waals surface area contributed by atoms with Crippen LogP contribution in [-0.2, 0) is 4.79 Å². The maximum absolute atomic E-state index is 12.0. The lowest BCUT2D eigenvalue weighted by Gasteiger charge is -2.21. The summed E-state index contributed by atoms with van der Waals surface area (Å²) in [4.78, 5) is 18.3. The Morgan fingerprint density at radius 3 is 3.00 bits per heavy atom. The van der Waals surface area contributed by atoms with Gasteiger partial charge in [0.1, 0.15) is 5.75 Å². The minimum atomic E-state index is -0.319. The predicted octanol–water partition coefficient (Wildman–Crippen LogP) is 1.89. The molecule has 1 saturated heterocycles. The summed E-state index contributed by atoms with van der Waals surface area (Å²) in [5.74, 6) is 1.28. The van der Waals surface area contributed by atoms with Crippen molar-refractivity contribution in [3.8, 4) is 5.75 Å². The molecule has 0 atom stereocenters. The fraction of sp³-hybridized carbons (Fsp3) is 0.231. The molecule has 1 aromatic rings. The summed E-state index contributed by atoms with van der Waals surface area (Å²) < 4.78 is 5.29. The van der Waals surface area contributed by atoms with Crippen molar-refractivity contribution < 1.29 is 9.53 Å². The number of amidine groups is 1. The van der Waals surface area contributed by atoms with Gasteiger partial charge in [-0.1, -0.05) is 30.0 Å². The normalized spacial score (nSPS) is 17.9. The third-order valence-corrected chi connectivity index (χ3v) is 3.78. The molecule has 0 unspecified atom stereocenters. The van der Waals surface area contributed by atoms with E-state index < -0.39 is 0 Å². The van der Waals surface area contributed by atoms with E-state index in [1.807, 2.05) is 18.2 Å². The highest BCUT2D eigenvalue weighted by Gasteiger charge is 2.26. The van der Waals surface area contributed by atoms with Gasteiger partial charge in [0.2, 0.25) is 0 Å². The molecule has 0 bridgehead atoms. The maximum Gasteiger partial charge on any atom is 0.342 e. The van der Waals surface area contributed by atoms with E-state index in [-0.39, 0.29) is 5.97 Å². The Morgan fingerprint density at radius 2 is 2.17 bits per heavy atom. The van der Waals surface area contributed by atoms with Gasteiger partial charge in [0, 0.05) is 18.5 Å². The second kappa shape index (κ2) is 4.86. The third kappa shape index (κ3) is 2.26. The number of ether oxygens (including phenoxy) is 1. The number of aliphatic imine (C=N–C) groups is 1. The molecular weight excluding hydrogens is 248 g/mol. The van der Waals surface area contributed by atoms with E-state index in [0.717, 1.165) is 17.5 Å². The van der Waals surface area contributed by atoms with Crippen molar-refractivity contribution >= 4 is 22.9 Å². The molecule has 92 valence electrons. The van der Waals surface area contributed by atoms with Gasteiger partial charge < -0.3 is 9.64 Å². The Labute approximate surface area is 109 Å². The van der Waals surface area contributed by atoms with Crippen LogP contribution in [0, 0.1) is 0 Å². The van der Waals surface area contributed by atoms with Crippen molar-refractivity contribution in [3.05, 3.63) is 42.1 Å². The molecule has 4 nitrogen and oxygen atoms in total. The number of hydrogen-bond donors (Lipinski definition) is 0. The van der Waals surface area contributed by atoms with Crippen LogP contribution in [0.25, 0.3) is 0 Å². The number of benzene rings is 1. The number of fused-ring (bicyclic) bond motifs is 1. The standard InChI is InChI=1S/C13H12N2O2S/c16-12(17-11-4-2-1-3-5-11)10-8-14-13-15(9-10)6-7-18-13/h1-5,8H,6-7,9H2. The van der Waals surface area contributed by atoms with E-state index in [0.29, 0.717) is 17.9 Å². The average molecular weight is 260 g/mol. The van der Waals surface area contributed by atoms with Crippen molar-refractivity contribution in [2.45, 2.75) is 0 Å². The van der Waals surface area contributed by atoms with E-state index in [1.54, 1.807) is 30.1 Å². The molecule has 0 N–H and O–H groups in total. The number of rotatable bonds is 2. The summed E-state index contributed by atoms with van der Waals surface area (Å²) in [6.07, 6.45) is 1.62. The van der Waals surface area contributed by atoms with Gasteiger partial charge in [-0.3, -0.25) is 0 Å². The fourth-order valence-electron chi connectivity index (χ4n) is 1.86. The number of esters is 1. The zero-order valence-electron chi connectivity index (χ0n) is 9.70. The van der Waals surface area contributed by atoms with Gasteiger partial charge in [-0.2, -0.15) is 0 Å². The Hall–Kier alpha value is -1.75. The summed E-state index contributed by atoms with van der Waals surface area (Å²) in [6, 6.07) is 9.09. The first-order valence-electron chi connectivity index (χ1n) is 5.75. The molecular formula is C13H12N2O2S. The molecule has 18 heavy (non-hydrogen) atoms. The SMILES string of the molecule is O=C(Oc1ccccc1)C1=CN=C2SCCN2C1. The molecule has 0 aliphatic carbocycles. The molecule has 2 aliphatic rings. The minimum absolute atomic E-state index is 0.319. The van der Waals surface area contributed by atoms with Crippen molar-refractivity contribution in [2.75, 3.05) is 18.8 Å². The first-order valence-corrected chi connectivity index (χ1v) is 6.73. The second-order valence-corrected chi connectivity index (χ2v) is 5.10. The van der Waals surface area contributed by atoms with E-state index >= 15 is 0 Å². The Morgan fingerprint density at radius 1 is 1.33 bits per heavy atom. The van der Waals surface area contributed by atoms with Gasteiger partial charge in [0.05, 0.1) is 12.1 Å². The molecule has 3 rings (SSSR count). The monoisotopic (exact) mass is 260 g/mol. The molecule has 2 aliphatic heterocycles. The van der Waals surface area contributed by atoms with Gasteiger partial charge in [0.15, 0.2) is 5.17 Å². The van der Waals surface area contributed by atoms with Gasteiger partial charge in [-0.05, 0) is 12.1 Å². The molecule has 0 spiro atoms. The first kappa shape index (κ1) is 11.3. The smallest absolute Gasteiger partial charge is 0.342 e. The summed E-state index contributed by atoms with van der Waals surface area (Å²) in [5.41, 5.74) is 0.602. The Bertz CT molecular complexity index is 525. The predicted molar refractivity (Wildman–Crippen MR) is 71.6 cm³/mol. The van der Waals surface area contributed by atoms with Crippen LogP contribution in [0.2, 0.25) is 0 Å². The zero-order valence-corrected chi connectivity index (χ0v) is 10.5. The van der Waals surface area contributed by atoms with Crippen LogP contribution in [-0.4, -0.2) is 34.9 Å². The van der Waals surface area contributed by atoms with Crippen LogP contribution in [0.4, 0.5) is 0 Å². The lowest BCUT2D eigenvalue weighted by molar-refractivity contribution is -0.130. The van der Waals surface area contributed by atoms with Crippen molar-refractivity contribution in [1.29, 1.82) is 0 Å². The lowest BCUT2D eigenvalue weighted by atomic mass is 10.2. The summed E-state index contributed by atoms with van der Waals surface area (Å²) in [5, 5.41) is 1.01. The number of carbonyl (C=O) groups excluding carboxylic acids is 1. The van der Waals surface area contributed by atoms with E-state index in [2.05, 4.69) is 9.89 Å². The number of nitrogens with zero attached hydrogens (tertiary/aromatic N) is 2.